The Morgan fingerprint density at radius 2 is 2.16 bits per heavy atom. The Kier molecular flexibility index (Phi) is 9.36. The summed E-state index contributed by atoms with van der Waals surface area (Å²) in [7, 11) is 1.75. The van der Waals surface area contributed by atoms with Gasteiger partial charge in [-0.1, -0.05) is 18.2 Å². The minimum atomic E-state index is 0. The number of aryl methyl sites for hydroxylation is 1. The van der Waals surface area contributed by atoms with E-state index in [9.17, 15) is 0 Å². The zero-order chi connectivity index (χ0) is 21.5. The molecule has 1 aliphatic rings. The van der Waals surface area contributed by atoms with Crippen molar-refractivity contribution >= 4 is 41.3 Å². The number of aromatic nitrogens is 1. The second-order valence-electron chi connectivity index (χ2n) is 7.46. The third-order valence-electron chi connectivity index (χ3n) is 5.06. The fourth-order valence-electron chi connectivity index (χ4n) is 3.38. The van der Waals surface area contributed by atoms with Crippen LogP contribution in [0.5, 0.6) is 5.75 Å². The summed E-state index contributed by atoms with van der Waals surface area (Å²) in [4.78, 5) is 9.86. The highest BCUT2D eigenvalue weighted by molar-refractivity contribution is 14.0. The average Bonchev–Trinajstić information content (AvgIpc) is 3.55. The molecule has 32 heavy (non-hydrogen) atoms. The summed E-state index contributed by atoms with van der Waals surface area (Å²) < 4.78 is 17.3. The van der Waals surface area contributed by atoms with Crippen molar-refractivity contribution in [3.63, 3.8) is 0 Å². The van der Waals surface area contributed by atoms with Crippen LogP contribution in [0.1, 0.15) is 29.7 Å². The van der Waals surface area contributed by atoms with Crippen molar-refractivity contribution in [3.8, 4) is 16.5 Å². The number of nitrogens with zero attached hydrogens (tertiary/aromatic N) is 2. The molecule has 7 nitrogen and oxygen atoms in total. The highest BCUT2D eigenvalue weighted by Gasteiger charge is 2.17. The van der Waals surface area contributed by atoms with E-state index in [1.54, 1.807) is 24.6 Å². The normalized spacial score (nSPS) is 15.9. The lowest BCUT2D eigenvalue weighted by molar-refractivity contribution is 0.0676. The molecule has 0 aliphatic carbocycles. The zero-order valence-corrected chi connectivity index (χ0v) is 21.4. The maximum Gasteiger partial charge on any atom is 0.236 e. The monoisotopic (exact) mass is 568 g/mol. The summed E-state index contributed by atoms with van der Waals surface area (Å²) in [6.07, 6.45) is 4.04. The number of nitrogens with one attached hydrogen (secondary N) is 2. The minimum Gasteiger partial charge on any atom is -0.491 e. The molecule has 0 spiro atoms. The van der Waals surface area contributed by atoms with E-state index in [1.807, 2.05) is 17.5 Å². The number of guanidine groups is 1. The molecule has 0 radical (unpaired) electrons. The molecule has 0 bridgehead atoms. The highest BCUT2D eigenvalue weighted by atomic mass is 127. The molecule has 0 saturated carbocycles. The third-order valence-corrected chi connectivity index (χ3v) is 5.92. The summed E-state index contributed by atoms with van der Waals surface area (Å²) in [6, 6.07) is 10.2. The topological polar surface area (TPSA) is 80.9 Å². The Morgan fingerprint density at radius 1 is 1.28 bits per heavy atom. The van der Waals surface area contributed by atoms with E-state index >= 15 is 0 Å². The van der Waals surface area contributed by atoms with Crippen molar-refractivity contribution < 1.29 is 13.9 Å². The summed E-state index contributed by atoms with van der Waals surface area (Å²) in [6.45, 7) is 4.60. The van der Waals surface area contributed by atoms with Gasteiger partial charge in [0.2, 0.25) is 5.89 Å². The SMILES string of the molecule is CN=C(NCc1coc(-c2cccs2)n1)NCc1ccc(C)cc1OCC1CCCO1.I. The molecule has 0 amide bonds. The van der Waals surface area contributed by atoms with E-state index in [-0.39, 0.29) is 30.1 Å². The van der Waals surface area contributed by atoms with Gasteiger partial charge < -0.3 is 24.5 Å². The summed E-state index contributed by atoms with van der Waals surface area (Å²) in [5.41, 5.74) is 3.07. The van der Waals surface area contributed by atoms with Crippen LogP contribution >= 0.6 is 35.3 Å². The molecular formula is C23H29IN4O3S. The van der Waals surface area contributed by atoms with Crippen LogP contribution in [0.25, 0.3) is 10.8 Å². The van der Waals surface area contributed by atoms with Crippen LogP contribution in [0.15, 0.2) is 51.4 Å². The van der Waals surface area contributed by atoms with Crippen LogP contribution in [0, 0.1) is 6.92 Å². The molecule has 4 rings (SSSR count). The Labute approximate surface area is 209 Å². The molecule has 2 N–H and O–H groups in total. The molecule has 1 unspecified atom stereocenters. The Hall–Kier alpha value is -2.11. The number of ether oxygens (including phenoxy) is 2. The van der Waals surface area contributed by atoms with Crippen LogP contribution in [0.4, 0.5) is 0 Å². The number of oxazole rings is 1. The third kappa shape index (κ3) is 6.69. The second kappa shape index (κ2) is 12.2. The first kappa shape index (κ1) is 24.5. The maximum absolute atomic E-state index is 6.09. The number of hydrogen-bond donors (Lipinski definition) is 2. The standard InChI is InChI=1S/C23H28N4O3S.HI/c1-16-7-8-17(20(11-16)29-15-19-5-3-9-28-19)12-25-23(24-2)26-13-18-14-30-22(27-18)21-6-4-10-31-21;/h4,6-8,10-11,14,19H,3,5,9,12-13,15H2,1-2H3,(H2,24,25,26);1H. The number of benzene rings is 1. The quantitative estimate of drug-likeness (QED) is 0.232. The van der Waals surface area contributed by atoms with Crippen molar-refractivity contribution in [2.24, 2.45) is 4.99 Å². The first-order chi connectivity index (χ1) is 15.2. The fourth-order valence-corrected chi connectivity index (χ4v) is 4.03. The molecule has 1 fully saturated rings. The van der Waals surface area contributed by atoms with Gasteiger partial charge in [-0.25, -0.2) is 4.98 Å². The van der Waals surface area contributed by atoms with Crippen molar-refractivity contribution in [1.29, 1.82) is 0 Å². The molecule has 3 heterocycles. The van der Waals surface area contributed by atoms with Gasteiger partial charge in [-0.05, 0) is 42.8 Å². The van der Waals surface area contributed by atoms with Gasteiger partial charge in [0.1, 0.15) is 18.6 Å². The molecule has 3 aromatic rings. The van der Waals surface area contributed by atoms with Crippen LogP contribution in [-0.2, 0) is 17.8 Å². The van der Waals surface area contributed by atoms with E-state index in [0.717, 1.165) is 41.3 Å². The minimum absolute atomic E-state index is 0. The molecule has 2 aromatic heterocycles. The van der Waals surface area contributed by atoms with Crippen LogP contribution < -0.4 is 15.4 Å². The molecule has 172 valence electrons. The molecule has 9 heteroatoms. The zero-order valence-electron chi connectivity index (χ0n) is 18.3. The predicted molar refractivity (Wildman–Crippen MR) is 138 cm³/mol. The molecular weight excluding hydrogens is 539 g/mol. The molecule has 1 atom stereocenters. The van der Waals surface area contributed by atoms with Gasteiger partial charge in [-0.3, -0.25) is 4.99 Å². The van der Waals surface area contributed by atoms with Gasteiger partial charge in [-0.15, -0.1) is 35.3 Å². The van der Waals surface area contributed by atoms with Crippen molar-refractivity contribution in [2.75, 3.05) is 20.3 Å². The average molecular weight is 568 g/mol. The van der Waals surface area contributed by atoms with E-state index in [4.69, 9.17) is 13.9 Å². The first-order valence-electron chi connectivity index (χ1n) is 10.5. The van der Waals surface area contributed by atoms with Crippen molar-refractivity contribution in [2.45, 2.75) is 39.0 Å². The summed E-state index contributed by atoms with van der Waals surface area (Å²) in [5.74, 6) is 2.21. The Morgan fingerprint density at radius 3 is 2.91 bits per heavy atom. The second-order valence-corrected chi connectivity index (χ2v) is 8.41. The number of rotatable bonds is 8. The van der Waals surface area contributed by atoms with E-state index in [0.29, 0.717) is 31.5 Å². The summed E-state index contributed by atoms with van der Waals surface area (Å²) >= 11 is 1.61. The number of halogens is 1. The van der Waals surface area contributed by atoms with Crippen LogP contribution in [0.3, 0.4) is 0 Å². The fraction of sp³-hybridized carbons (Fsp3) is 0.391. The lowest BCUT2D eigenvalue weighted by Crippen LogP contribution is -2.36. The largest absolute Gasteiger partial charge is 0.491 e. The molecule has 1 aliphatic heterocycles. The first-order valence-corrected chi connectivity index (χ1v) is 11.4. The molecule has 1 aromatic carbocycles. The van der Waals surface area contributed by atoms with E-state index < -0.39 is 0 Å². The van der Waals surface area contributed by atoms with Crippen LogP contribution in [0.2, 0.25) is 0 Å². The number of aliphatic imine (C=N–C) groups is 1. The van der Waals surface area contributed by atoms with E-state index in [2.05, 4.69) is 45.7 Å². The van der Waals surface area contributed by atoms with E-state index in [1.165, 1.54) is 5.56 Å². The van der Waals surface area contributed by atoms with Crippen molar-refractivity contribution in [1.82, 2.24) is 15.6 Å². The number of hydrogen-bond acceptors (Lipinski definition) is 6. The number of thiophene rings is 1. The van der Waals surface area contributed by atoms with Gasteiger partial charge in [0, 0.05) is 25.8 Å². The van der Waals surface area contributed by atoms with Gasteiger partial charge in [0.15, 0.2) is 5.96 Å². The Balaban J connectivity index is 0.00000289. The molecule has 1 saturated heterocycles. The maximum atomic E-state index is 6.09. The summed E-state index contributed by atoms with van der Waals surface area (Å²) in [5, 5.41) is 8.64. The van der Waals surface area contributed by atoms with Crippen LogP contribution in [-0.4, -0.2) is 37.3 Å². The van der Waals surface area contributed by atoms with Gasteiger partial charge in [-0.2, -0.15) is 0 Å². The highest BCUT2D eigenvalue weighted by Crippen LogP contribution is 2.24. The lowest BCUT2D eigenvalue weighted by Gasteiger charge is -2.17. The van der Waals surface area contributed by atoms with Crippen molar-refractivity contribution in [3.05, 3.63) is 58.8 Å². The van der Waals surface area contributed by atoms with Gasteiger partial charge in [0.25, 0.3) is 0 Å². The smallest absolute Gasteiger partial charge is 0.236 e. The predicted octanol–water partition coefficient (Wildman–Crippen LogP) is 4.75. The lowest BCUT2D eigenvalue weighted by atomic mass is 10.1. The van der Waals surface area contributed by atoms with Gasteiger partial charge in [0.05, 0.1) is 23.2 Å². The van der Waals surface area contributed by atoms with Gasteiger partial charge >= 0.3 is 0 Å². The Bertz CT molecular complexity index is 1000.